The molecule has 1 aromatic carbocycles. The fraction of sp³-hybridized carbons (Fsp3) is 0.391. The van der Waals surface area contributed by atoms with Gasteiger partial charge in [-0.2, -0.15) is 15.1 Å². The smallest absolute Gasteiger partial charge is 0.318 e. The molecule has 37 heavy (non-hydrogen) atoms. The summed E-state index contributed by atoms with van der Waals surface area (Å²) in [7, 11) is 3.00. The maximum absolute atomic E-state index is 15.0. The molecular weight excluding hydrogens is 548 g/mol. The summed E-state index contributed by atoms with van der Waals surface area (Å²) in [6.07, 6.45) is 0.166. The van der Waals surface area contributed by atoms with Gasteiger partial charge in [0.15, 0.2) is 11.5 Å². The van der Waals surface area contributed by atoms with Gasteiger partial charge in [0, 0.05) is 37.7 Å². The van der Waals surface area contributed by atoms with Crippen LogP contribution in [0.5, 0.6) is 6.01 Å². The van der Waals surface area contributed by atoms with Crippen molar-refractivity contribution >= 4 is 52.2 Å². The number of hydrogen-bond acceptors (Lipinski definition) is 8. The number of rotatable bonds is 4. The fourth-order valence-corrected chi connectivity index (χ4v) is 5.38. The Kier molecular flexibility index (Phi) is 7.06. The van der Waals surface area contributed by atoms with Gasteiger partial charge < -0.3 is 25.4 Å². The second-order valence-electron chi connectivity index (χ2n) is 8.64. The second kappa shape index (κ2) is 10.1. The van der Waals surface area contributed by atoms with Crippen LogP contribution in [-0.2, 0) is 30.9 Å². The molecule has 2 aliphatic heterocycles. The number of benzene rings is 1. The summed E-state index contributed by atoms with van der Waals surface area (Å²) in [5.41, 5.74) is 7.99. The molecule has 3 aromatic rings. The molecule has 5 rings (SSSR count). The second-order valence-corrected chi connectivity index (χ2v) is 9.80. The molecule has 0 saturated carbocycles. The Balaban J connectivity index is 1.52. The summed E-state index contributed by atoms with van der Waals surface area (Å²) in [6.45, 7) is 1.66. The number of aromatic nitrogens is 4. The van der Waals surface area contributed by atoms with Crippen LogP contribution < -0.4 is 20.7 Å². The number of halogens is 4. The highest BCUT2D eigenvalue weighted by atomic mass is 35.5. The lowest BCUT2D eigenvalue weighted by Crippen LogP contribution is -2.29. The number of nitrogens with one attached hydrogen (secondary N) is 1. The van der Waals surface area contributed by atoms with Crippen molar-refractivity contribution in [2.45, 2.75) is 38.6 Å². The van der Waals surface area contributed by atoms with Crippen LogP contribution in [0.25, 0.3) is 0 Å². The predicted octanol–water partition coefficient (Wildman–Crippen LogP) is 3.95. The van der Waals surface area contributed by atoms with Crippen LogP contribution in [0.1, 0.15) is 45.5 Å². The van der Waals surface area contributed by atoms with Crippen LogP contribution in [0.3, 0.4) is 0 Å². The standard InChI is InChI=1S/C23H23Cl3FN7O3/c1-29-22(35)20-18(26)14-8-33(4-3-5-34(14)32-20)21-10-9-37-15(7-13(10)30-23(31-21)36-2)16-17(25)11(24)6-12(28)19(16)27/h6,15H,3-5,7-9,28H2,1-2H3,(H,29,35). The average molecular weight is 571 g/mol. The number of ether oxygens (including phenoxy) is 2. The van der Waals surface area contributed by atoms with Gasteiger partial charge in [0.25, 0.3) is 5.91 Å². The molecule has 0 aliphatic carbocycles. The highest BCUT2D eigenvalue weighted by Gasteiger charge is 2.33. The number of nitrogen functional groups attached to an aromatic ring is 1. The third-order valence-corrected chi connectivity index (χ3v) is 7.65. The highest BCUT2D eigenvalue weighted by molar-refractivity contribution is 6.42. The van der Waals surface area contributed by atoms with Gasteiger partial charge in [-0.3, -0.25) is 9.48 Å². The summed E-state index contributed by atoms with van der Waals surface area (Å²) in [5, 5.41) is 7.44. The number of fused-ring (bicyclic) bond motifs is 2. The summed E-state index contributed by atoms with van der Waals surface area (Å²) < 4.78 is 28.2. The van der Waals surface area contributed by atoms with Gasteiger partial charge >= 0.3 is 6.01 Å². The Hall–Kier alpha value is -2.86. The maximum atomic E-state index is 15.0. The summed E-state index contributed by atoms with van der Waals surface area (Å²) in [5.74, 6) is -0.429. The Morgan fingerprint density at radius 3 is 2.78 bits per heavy atom. The van der Waals surface area contributed by atoms with E-state index < -0.39 is 11.9 Å². The zero-order chi connectivity index (χ0) is 26.4. The first-order valence-corrected chi connectivity index (χ1v) is 12.6. The van der Waals surface area contributed by atoms with Crippen molar-refractivity contribution in [3.05, 3.63) is 55.2 Å². The molecule has 1 atom stereocenters. The van der Waals surface area contributed by atoms with E-state index in [2.05, 4.69) is 20.4 Å². The van der Waals surface area contributed by atoms with Crippen molar-refractivity contribution in [2.24, 2.45) is 0 Å². The van der Waals surface area contributed by atoms with Crippen molar-refractivity contribution in [3.63, 3.8) is 0 Å². The molecule has 2 aliphatic rings. The molecule has 10 nitrogen and oxygen atoms in total. The largest absolute Gasteiger partial charge is 0.467 e. The Labute approximate surface area is 226 Å². The SMILES string of the molecule is CNC(=O)c1nn2c(c1Cl)CN(c1nc(OC)nc3c1COC(c1c(F)c(N)cc(Cl)c1Cl)C3)CCC2. The minimum absolute atomic E-state index is 0.0467. The topological polar surface area (TPSA) is 120 Å². The van der Waals surface area contributed by atoms with Gasteiger partial charge in [-0.05, 0) is 12.5 Å². The van der Waals surface area contributed by atoms with Gasteiger partial charge in [0.2, 0.25) is 0 Å². The Morgan fingerprint density at radius 2 is 2.05 bits per heavy atom. The molecular formula is C23H23Cl3FN7O3. The lowest BCUT2D eigenvalue weighted by atomic mass is 9.98. The van der Waals surface area contributed by atoms with Gasteiger partial charge in [-0.15, -0.1) is 0 Å². The van der Waals surface area contributed by atoms with E-state index in [1.54, 1.807) is 4.68 Å². The van der Waals surface area contributed by atoms with Gasteiger partial charge in [-0.25, -0.2) is 4.39 Å². The lowest BCUT2D eigenvalue weighted by Gasteiger charge is -2.31. The Bertz CT molecular complexity index is 1370. The zero-order valence-corrected chi connectivity index (χ0v) is 22.2. The van der Waals surface area contributed by atoms with Crippen molar-refractivity contribution in [3.8, 4) is 6.01 Å². The van der Waals surface area contributed by atoms with E-state index in [1.165, 1.54) is 20.2 Å². The van der Waals surface area contributed by atoms with Crippen molar-refractivity contribution < 1.29 is 18.7 Å². The molecule has 0 radical (unpaired) electrons. The minimum Gasteiger partial charge on any atom is -0.467 e. The van der Waals surface area contributed by atoms with E-state index in [9.17, 15) is 9.18 Å². The normalized spacial score (nSPS) is 17.1. The predicted molar refractivity (Wildman–Crippen MR) is 137 cm³/mol. The van der Waals surface area contributed by atoms with E-state index in [-0.39, 0.29) is 51.9 Å². The first kappa shape index (κ1) is 25.8. The van der Waals surface area contributed by atoms with Crippen LogP contribution in [0, 0.1) is 5.82 Å². The highest BCUT2D eigenvalue weighted by Crippen LogP contribution is 2.42. The monoisotopic (exact) mass is 569 g/mol. The summed E-state index contributed by atoms with van der Waals surface area (Å²) in [6, 6.07) is 1.43. The zero-order valence-electron chi connectivity index (χ0n) is 19.9. The van der Waals surface area contributed by atoms with Crippen molar-refractivity contribution in [1.29, 1.82) is 0 Å². The molecule has 0 bridgehead atoms. The van der Waals surface area contributed by atoms with Crippen LogP contribution >= 0.6 is 34.8 Å². The molecule has 3 N–H and O–H groups in total. The number of nitrogens with two attached hydrogens (primary N) is 1. The van der Waals surface area contributed by atoms with Crippen LogP contribution in [0.2, 0.25) is 15.1 Å². The van der Waals surface area contributed by atoms with Crippen molar-refractivity contribution in [1.82, 2.24) is 25.1 Å². The number of hydrogen-bond donors (Lipinski definition) is 2. The number of nitrogens with zero attached hydrogens (tertiary/aromatic N) is 5. The van der Waals surface area contributed by atoms with E-state index >= 15 is 0 Å². The summed E-state index contributed by atoms with van der Waals surface area (Å²) >= 11 is 19.1. The van der Waals surface area contributed by atoms with Gasteiger partial charge in [0.05, 0.1) is 58.5 Å². The number of anilines is 2. The molecule has 1 unspecified atom stereocenters. The van der Waals surface area contributed by atoms with Gasteiger partial charge in [-0.1, -0.05) is 34.8 Å². The van der Waals surface area contributed by atoms with Crippen LogP contribution in [-0.4, -0.2) is 46.4 Å². The molecule has 0 spiro atoms. The molecule has 4 heterocycles. The molecule has 0 saturated heterocycles. The van der Waals surface area contributed by atoms with Crippen LogP contribution in [0.15, 0.2) is 6.07 Å². The van der Waals surface area contributed by atoms with E-state index in [1.807, 2.05) is 4.90 Å². The first-order chi connectivity index (χ1) is 17.7. The number of carbonyl (C=O) groups is 1. The maximum Gasteiger partial charge on any atom is 0.318 e. The number of aryl methyl sites for hydroxylation is 1. The van der Waals surface area contributed by atoms with E-state index in [0.717, 1.165) is 12.0 Å². The lowest BCUT2D eigenvalue weighted by molar-refractivity contribution is 0.0237. The van der Waals surface area contributed by atoms with E-state index in [0.29, 0.717) is 41.9 Å². The Morgan fingerprint density at radius 1 is 1.27 bits per heavy atom. The quantitative estimate of drug-likeness (QED) is 0.357. The van der Waals surface area contributed by atoms with Crippen molar-refractivity contribution in [2.75, 3.05) is 31.3 Å². The van der Waals surface area contributed by atoms with E-state index in [4.69, 9.17) is 50.0 Å². The molecule has 14 heteroatoms. The number of carbonyl (C=O) groups excluding carboxylic acids is 1. The minimum atomic E-state index is -0.761. The molecule has 0 fully saturated rings. The van der Waals surface area contributed by atoms with Crippen LogP contribution in [0.4, 0.5) is 15.9 Å². The third kappa shape index (κ3) is 4.54. The molecule has 1 amide bonds. The summed E-state index contributed by atoms with van der Waals surface area (Å²) in [4.78, 5) is 23.4. The molecule has 2 aromatic heterocycles. The third-order valence-electron chi connectivity index (χ3n) is 6.45. The molecule has 196 valence electrons. The average Bonchev–Trinajstić information content (AvgIpc) is 3.06. The first-order valence-electron chi connectivity index (χ1n) is 11.4. The number of methoxy groups -OCH3 is 1. The number of amides is 1. The fourth-order valence-electron chi connectivity index (χ4n) is 4.62. The van der Waals surface area contributed by atoms with Gasteiger partial charge in [0.1, 0.15) is 5.82 Å².